The predicted molar refractivity (Wildman–Crippen MR) is 65.6 cm³/mol. The van der Waals surface area contributed by atoms with Crippen LogP contribution in [-0.2, 0) is 0 Å². The number of nitrogen functional groups attached to an aromatic ring is 1. The summed E-state index contributed by atoms with van der Waals surface area (Å²) in [6.07, 6.45) is 2.37. The van der Waals surface area contributed by atoms with Gasteiger partial charge in [0.1, 0.15) is 0 Å². The summed E-state index contributed by atoms with van der Waals surface area (Å²) in [5.41, 5.74) is 7.33. The highest BCUT2D eigenvalue weighted by Crippen LogP contribution is 2.27. The number of hydrogen-bond acceptors (Lipinski definition) is 5. The van der Waals surface area contributed by atoms with Crippen molar-refractivity contribution in [2.45, 2.75) is 12.8 Å². The Labute approximate surface area is 99.2 Å². The van der Waals surface area contributed by atoms with Crippen LogP contribution in [0.5, 0.6) is 0 Å². The molecule has 0 atom stereocenters. The van der Waals surface area contributed by atoms with Gasteiger partial charge in [-0.05, 0) is 25.0 Å². The third-order valence-electron chi connectivity index (χ3n) is 2.98. The second-order valence-corrected chi connectivity index (χ2v) is 4.17. The van der Waals surface area contributed by atoms with Gasteiger partial charge < -0.3 is 15.1 Å². The van der Waals surface area contributed by atoms with Gasteiger partial charge in [-0.25, -0.2) is 0 Å². The van der Waals surface area contributed by atoms with Crippen LogP contribution in [0.3, 0.4) is 0 Å². The van der Waals surface area contributed by atoms with E-state index in [2.05, 4.69) is 15.1 Å². The predicted octanol–water partition coefficient (Wildman–Crippen LogP) is 1.92. The van der Waals surface area contributed by atoms with E-state index in [1.807, 2.05) is 24.3 Å². The third-order valence-corrected chi connectivity index (χ3v) is 2.98. The van der Waals surface area contributed by atoms with Gasteiger partial charge in [0.2, 0.25) is 0 Å². The molecule has 1 aromatic heterocycles. The van der Waals surface area contributed by atoms with Crippen molar-refractivity contribution < 1.29 is 4.42 Å². The molecule has 0 aliphatic carbocycles. The highest BCUT2D eigenvalue weighted by Gasteiger charge is 2.19. The molecule has 17 heavy (non-hydrogen) atoms. The summed E-state index contributed by atoms with van der Waals surface area (Å²) in [6, 6.07) is 8.11. The van der Waals surface area contributed by atoms with Crippen molar-refractivity contribution in [2.24, 2.45) is 0 Å². The molecule has 0 saturated carbocycles. The number of aromatic nitrogens is 2. The number of nitrogens with two attached hydrogens (primary N) is 1. The van der Waals surface area contributed by atoms with E-state index < -0.39 is 0 Å². The molecular weight excluding hydrogens is 216 g/mol. The lowest BCUT2D eigenvalue weighted by atomic mass is 10.2. The standard InChI is InChI=1S/C12H14N4O/c13-10-6-2-1-5-9(10)11-14-15-12(17-11)16-7-3-4-8-16/h1-2,5-6H,3-4,7-8,13H2. The first-order chi connectivity index (χ1) is 8.34. The molecule has 3 rings (SSSR count). The molecule has 5 heteroatoms. The minimum Gasteiger partial charge on any atom is -0.403 e. The lowest BCUT2D eigenvalue weighted by Gasteiger charge is -2.09. The zero-order chi connectivity index (χ0) is 11.7. The molecule has 1 aliphatic rings. The largest absolute Gasteiger partial charge is 0.403 e. The first-order valence-electron chi connectivity index (χ1n) is 5.78. The van der Waals surface area contributed by atoms with Crippen molar-refractivity contribution in [1.82, 2.24) is 10.2 Å². The summed E-state index contributed by atoms with van der Waals surface area (Å²) in [4.78, 5) is 2.11. The number of nitrogens with zero attached hydrogens (tertiary/aromatic N) is 3. The van der Waals surface area contributed by atoms with Gasteiger partial charge in [-0.15, -0.1) is 5.10 Å². The molecular formula is C12H14N4O. The normalized spacial score (nSPS) is 15.4. The van der Waals surface area contributed by atoms with Crippen LogP contribution in [0.15, 0.2) is 28.7 Å². The van der Waals surface area contributed by atoms with Crippen molar-refractivity contribution >= 4 is 11.7 Å². The van der Waals surface area contributed by atoms with Crippen molar-refractivity contribution in [2.75, 3.05) is 23.7 Å². The summed E-state index contributed by atoms with van der Waals surface area (Å²) in [6.45, 7) is 1.98. The molecule has 0 radical (unpaired) electrons. The van der Waals surface area contributed by atoms with E-state index in [4.69, 9.17) is 10.2 Å². The third kappa shape index (κ3) is 1.84. The van der Waals surface area contributed by atoms with Gasteiger partial charge in [-0.3, -0.25) is 0 Å². The topological polar surface area (TPSA) is 68.2 Å². The molecule has 2 N–H and O–H groups in total. The van der Waals surface area contributed by atoms with Crippen LogP contribution in [0.4, 0.5) is 11.7 Å². The SMILES string of the molecule is Nc1ccccc1-c1nnc(N2CCCC2)o1. The minimum atomic E-state index is 0.491. The molecule has 0 amide bonds. The maximum atomic E-state index is 5.87. The maximum Gasteiger partial charge on any atom is 0.318 e. The van der Waals surface area contributed by atoms with Gasteiger partial charge in [-0.2, -0.15) is 0 Å². The van der Waals surface area contributed by atoms with Crippen molar-refractivity contribution in [1.29, 1.82) is 0 Å². The van der Waals surface area contributed by atoms with E-state index in [9.17, 15) is 0 Å². The molecule has 0 bridgehead atoms. The van der Waals surface area contributed by atoms with E-state index in [1.54, 1.807) is 0 Å². The van der Waals surface area contributed by atoms with Crippen LogP contribution in [0, 0.1) is 0 Å². The summed E-state index contributed by atoms with van der Waals surface area (Å²) >= 11 is 0. The monoisotopic (exact) mass is 230 g/mol. The van der Waals surface area contributed by atoms with Crippen molar-refractivity contribution in [3.8, 4) is 11.5 Å². The zero-order valence-corrected chi connectivity index (χ0v) is 9.47. The van der Waals surface area contributed by atoms with Crippen LogP contribution >= 0.6 is 0 Å². The average molecular weight is 230 g/mol. The quantitative estimate of drug-likeness (QED) is 0.798. The van der Waals surface area contributed by atoms with Gasteiger partial charge in [0.05, 0.1) is 5.56 Å². The Bertz CT molecular complexity index is 517. The van der Waals surface area contributed by atoms with E-state index in [0.29, 0.717) is 17.6 Å². The number of para-hydroxylation sites is 1. The Morgan fingerprint density at radius 2 is 1.88 bits per heavy atom. The van der Waals surface area contributed by atoms with Crippen LogP contribution in [0.1, 0.15) is 12.8 Å². The van der Waals surface area contributed by atoms with Gasteiger partial charge in [0.15, 0.2) is 0 Å². The fourth-order valence-corrected chi connectivity index (χ4v) is 2.05. The van der Waals surface area contributed by atoms with Crippen molar-refractivity contribution in [3.63, 3.8) is 0 Å². The maximum absolute atomic E-state index is 5.87. The Hall–Kier alpha value is -2.04. The zero-order valence-electron chi connectivity index (χ0n) is 9.47. The van der Waals surface area contributed by atoms with E-state index in [1.165, 1.54) is 12.8 Å². The molecule has 0 spiro atoms. The lowest BCUT2D eigenvalue weighted by Crippen LogP contribution is -2.17. The second kappa shape index (κ2) is 4.08. The van der Waals surface area contributed by atoms with E-state index in [0.717, 1.165) is 18.7 Å². The summed E-state index contributed by atoms with van der Waals surface area (Å²) in [5.74, 6) is 0.491. The molecule has 2 heterocycles. The first kappa shape index (κ1) is 10.1. The van der Waals surface area contributed by atoms with Crippen LogP contribution in [0.2, 0.25) is 0 Å². The summed E-state index contributed by atoms with van der Waals surface area (Å²) in [5, 5.41) is 8.12. The number of hydrogen-bond donors (Lipinski definition) is 1. The fourth-order valence-electron chi connectivity index (χ4n) is 2.05. The summed E-state index contributed by atoms with van der Waals surface area (Å²) < 4.78 is 5.66. The molecule has 0 unspecified atom stereocenters. The van der Waals surface area contributed by atoms with Gasteiger partial charge in [-0.1, -0.05) is 17.2 Å². The summed E-state index contributed by atoms with van der Waals surface area (Å²) in [7, 11) is 0. The molecule has 1 fully saturated rings. The van der Waals surface area contributed by atoms with Crippen LogP contribution in [0.25, 0.3) is 11.5 Å². The Morgan fingerprint density at radius 1 is 1.12 bits per heavy atom. The molecule has 88 valence electrons. The molecule has 1 saturated heterocycles. The van der Waals surface area contributed by atoms with Gasteiger partial charge in [0.25, 0.3) is 5.89 Å². The van der Waals surface area contributed by atoms with E-state index in [-0.39, 0.29) is 0 Å². The Balaban J connectivity index is 1.92. The number of benzene rings is 1. The number of anilines is 2. The molecule has 1 aliphatic heterocycles. The minimum absolute atomic E-state index is 0.491. The molecule has 1 aromatic carbocycles. The fraction of sp³-hybridized carbons (Fsp3) is 0.333. The second-order valence-electron chi connectivity index (χ2n) is 4.17. The molecule has 2 aromatic rings. The van der Waals surface area contributed by atoms with Crippen molar-refractivity contribution in [3.05, 3.63) is 24.3 Å². The highest BCUT2D eigenvalue weighted by molar-refractivity contribution is 5.70. The highest BCUT2D eigenvalue weighted by atomic mass is 16.4. The lowest BCUT2D eigenvalue weighted by molar-refractivity contribution is 0.557. The molecule has 5 nitrogen and oxygen atoms in total. The van der Waals surface area contributed by atoms with E-state index >= 15 is 0 Å². The smallest absolute Gasteiger partial charge is 0.318 e. The van der Waals surface area contributed by atoms with Gasteiger partial charge in [0, 0.05) is 18.8 Å². The Kier molecular flexibility index (Phi) is 2.44. The number of rotatable bonds is 2. The Morgan fingerprint density at radius 3 is 2.65 bits per heavy atom. The van der Waals surface area contributed by atoms with Gasteiger partial charge >= 0.3 is 6.01 Å². The van der Waals surface area contributed by atoms with Crippen LogP contribution < -0.4 is 10.6 Å². The first-order valence-corrected chi connectivity index (χ1v) is 5.78. The average Bonchev–Trinajstić information content (AvgIpc) is 3.00. The van der Waals surface area contributed by atoms with Crippen LogP contribution in [-0.4, -0.2) is 23.3 Å².